The number of aliphatic hydroxyl groups excluding tert-OH is 1. The number of esters is 1. The molecule has 1 saturated carbocycles. The van der Waals surface area contributed by atoms with Crippen molar-refractivity contribution in [2.75, 3.05) is 7.05 Å². The van der Waals surface area contributed by atoms with Gasteiger partial charge < -0.3 is 57.1 Å². The van der Waals surface area contributed by atoms with Crippen LogP contribution in [0.15, 0.2) is 24.3 Å². The summed E-state index contributed by atoms with van der Waals surface area (Å²) in [6, 6.07) is -2.33. The third-order valence-corrected chi connectivity index (χ3v) is 13.4. The molecule has 0 aromatic heterocycles. The molecule has 9 N–H and O–H groups in total. The molecule has 67 heavy (non-hydrogen) atoms. The minimum atomic E-state index is -1.73. The van der Waals surface area contributed by atoms with Crippen LogP contribution in [0.25, 0.3) is 0 Å². The van der Waals surface area contributed by atoms with E-state index >= 15 is 0 Å². The summed E-state index contributed by atoms with van der Waals surface area (Å²) in [5, 5.41) is 35.4. The Labute approximate surface area is 392 Å². The average Bonchev–Trinajstić information content (AvgIpc) is 3.98. The van der Waals surface area contributed by atoms with Gasteiger partial charge >= 0.3 is 5.97 Å². The number of phenolic OH excluding ortho intramolecular Hbond substituents is 1. The monoisotopic (exact) mass is 941 g/mol. The number of nitrogens with two attached hydrogens (primary N) is 1. The molecule has 4 aliphatic rings. The summed E-state index contributed by atoms with van der Waals surface area (Å²) in [5.41, 5.74) is 4.70. The number of aliphatic hydroxyl groups is 1. The number of carbonyl (C=O) groups excluding carboxylic acids is 9. The summed E-state index contributed by atoms with van der Waals surface area (Å²) in [7, 11) is 1.40. The highest BCUT2D eigenvalue weighted by Crippen LogP contribution is 2.52. The molecule has 0 radical (unpaired) electrons. The first-order chi connectivity index (χ1) is 31.4. The number of hydrogen-bond donors (Lipinski definition) is 8. The van der Waals surface area contributed by atoms with Crippen LogP contribution in [0, 0.1) is 29.6 Å². The summed E-state index contributed by atoms with van der Waals surface area (Å²) in [4.78, 5) is 128. The zero-order valence-corrected chi connectivity index (χ0v) is 40.4. The van der Waals surface area contributed by atoms with Gasteiger partial charge in [-0.25, -0.2) is 4.79 Å². The van der Waals surface area contributed by atoms with Crippen molar-refractivity contribution in [3.63, 3.8) is 0 Å². The van der Waals surface area contributed by atoms with E-state index in [0.717, 1.165) is 4.90 Å². The smallest absolute Gasteiger partial charge is 0.329 e. The van der Waals surface area contributed by atoms with E-state index in [2.05, 4.69) is 26.6 Å². The van der Waals surface area contributed by atoms with Gasteiger partial charge in [0.2, 0.25) is 47.3 Å². The second kappa shape index (κ2) is 22.8. The predicted octanol–water partition coefficient (Wildman–Crippen LogP) is 0.500. The standard InChI is InChI=1S/C47H72N8O12/c1-11-25(7)36-46(66)67-27(9)37(52-40(60)31(17-18-34(48)57)49-39(59)24(5)6)43(63)50-32(19-23(3)4)41(61)53-47-21-30(47)44(64)55(35(58)22-47)38(26(8)12-2)45(65)54(10)33(42(62)51-36)20-28-13-15-29(56)16-14-28/h13-16,23-27,30-33,35-38,56,58H,11-12,17-22H2,1-10H3,(H2,48,57)(H,49,59)(H,50,63)(H,51,62)(H,52,60)(H,53,61)/t25?,26?,27-,30?,31?,32+,33+,35+,36+,37+,38+,47?/m1/s1. The molecule has 3 saturated heterocycles. The number of phenols is 1. The summed E-state index contributed by atoms with van der Waals surface area (Å²) >= 11 is 0. The molecule has 20 heteroatoms. The van der Waals surface area contributed by atoms with Crippen LogP contribution in [0.1, 0.15) is 113 Å². The molecule has 1 aromatic rings. The number of nitrogens with zero attached hydrogens (tertiary/aromatic N) is 2. The molecule has 1 aliphatic carbocycles. The van der Waals surface area contributed by atoms with Gasteiger partial charge in [0.05, 0.1) is 11.5 Å². The molecule has 372 valence electrons. The maximum atomic E-state index is 14.9. The number of ether oxygens (including phenoxy) is 1. The maximum Gasteiger partial charge on any atom is 0.329 e. The molecule has 20 nitrogen and oxygen atoms in total. The summed E-state index contributed by atoms with van der Waals surface area (Å²) in [5.74, 6) is -9.62. The maximum absolute atomic E-state index is 14.9. The first kappa shape index (κ1) is 53.8. The molecule has 4 fully saturated rings. The van der Waals surface area contributed by atoms with Crippen LogP contribution < -0.4 is 32.3 Å². The van der Waals surface area contributed by atoms with Crippen molar-refractivity contribution in [3.05, 3.63) is 29.8 Å². The van der Waals surface area contributed by atoms with E-state index in [1.807, 2.05) is 20.8 Å². The fraction of sp³-hybridized carbons (Fsp3) is 0.681. The van der Waals surface area contributed by atoms with Crippen LogP contribution in [0.5, 0.6) is 5.75 Å². The van der Waals surface area contributed by atoms with Crippen LogP contribution in [-0.2, 0) is 54.3 Å². The lowest BCUT2D eigenvalue weighted by Crippen LogP contribution is -2.65. The van der Waals surface area contributed by atoms with E-state index in [-0.39, 0.29) is 50.2 Å². The van der Waals surface area contributed by atoms with E-state index in [4.69, 9.17) is 10.5 Å². The number of rotatable bonds is 15. The van der Waals surface area contributed by atoms with E-state index in [0.29, 0.717) is 18.4 Å². The molecule has 1 aromatic carbocycles. The predicted molar refractivity (Wildman–Crippen MR) is 244 cm³/mol. The number of benzene rings is 1. The number of carbonyl (C=O) groups is 9. The molecule has 1 spiro atoms. The summed E-state index contributed by atoms with van der Waals surface area (Å²) < 4.78 is 5.93. The third kappa shape index (κ3) is 13.2. The fourth-order valence-corrected chi connectivity index (χ4v) is 8.68. The zero-order chi connectivity index (χ0) is 50.2. The van der Waals surface area contributed by atoms with Crippen molar-refractivity contribution in [1.29, 1.82) is 0 Å². The minimum Gasteiger partial charge on any atom is -0.508 e. The van der Waals surface area contributed by atoms with E-state index in [1.54, 1.807) is 46.8 Å². The van der Waals surface area contributed by atoms with Gasteiger partial charge in [0, 0.05) is 32.2 Å². The Morgan fingerprint density at radius 2 is 1.51 bits per heavy atom. The van der Waals surface area contributed by atoms with Crippen LogP contribution in [0.2, 0.25) is 0 Å². The minimum absolute atomic E-state index is 0.0376. The van der Waals surface area contributed by atoms with E-state index < -0.39 is 131 Å². The number of nitrogens with one attached hydrogen (secondary N) is 5. The van der Waals surface area contributed by atoms with Gasteiger partial charge in [-0.3, -0.25) is 38.4 Å². The van der Waals surface area contributed by atoms with Crippen molar-refractivity contribution < 1.29 is 58.1 Å². The van der Waals surface area contributed by atoms with Gasteiger partial charge in [-0.15, -0.1) is 0 Å². The number of hydrogen-bond acceptors (Lipinski definition) is 12. The highest BCUT2D eigenvalue weighted by Gasteiger charge is 2.66. The Morgan fingerprint density at radius 3 is 2.07 bits per heavy atom. The van der Waals surface area contributed by atoms with Crippen molar-refractivity contribution in [3.8, 4) is 5.75 Å². The number of amides is 8. The van der Waals surface area contributed by atoms with Crippen LogP contribution in [-0.4, -0.2) is 134 Å². The largest absolute Gasteiger partial charge is 0.508 e. The van der Waals surface area contributed by atoms with Crippen LogP contribution in [0.4, 0.5) is 0 Å². The number of aromatic hydroxyl groups is 1. The lowest BCUT2D eigenvalue weighted by Gasteiger charge is -2.44. The Balaban J connectivity index is 1.87. The topological polar surface area (TPSA) is 296 Å². The lowest BCUT2D eigenvalue weighted by atomic mass is 9.91. The molecular weight excluding hydrogens is 869 g/mol. The molecule has 3 heterocycles. The number of likely N-dealkylation sites (N-methyl/N-ethyl adjacent to an activating group) is 1. The normalized spacial score (nSPS) is 28.9. The van der Waals surface area contributed by atoms with Crippen molar-refractivity contribution in [2.45, 2.75) is 168 Å². The second-order valence-corrected chi connectivity index (χ2v) is 19.4. The number of piperidine rings is 1. The second-order valence-electron chi connectivity index (χ2n) is 19.4. The Kier molecular flexibility index (Phi) is 18.3. The Morgan fingerprint density at radius 1 is 0.881 bits per heavy atom. The summed E-state index contributed by atoms with van der Waals surface area (Å²) in [6.45, 7) is 15.2. The quantitative estimate of drug-likeness (QED) is 0.0882. The third-order valence-electron chi connectivity index (χ3n) is 13.4. The van der Waals surface area contributed by atoms with Crippen molar-refractivity contribution in [1.82, 2.24) is 36.4 Å². The number of fused-ring (bicyclic) bond motifs is 16. The van der Waals surface area contributed by atoms with Gasteiger partial charge in [0.15, 0.2) is 0 Å². The average molecular weight is 941 g/mol. The van der Waals surface area contributed by atoms with Gasteiger partial charge in [0.25, 0.3) is 0 Å². The van der Waals surface area contributed by atoms with Crippen LogP contribution in [0.3, 0.4) is 0 Å². The molecule has 3 aliphatic heterocycles. The van der Waals surface area contributed by atoms with Crippen molar-refractivity contribution in [2.24, 2.45) is 35.3 Å². The SMILES string of the molecule is CCC(C)[C@@H]1NC(=O)[C@H](Cc2ccc(O)cc2)N(C)C(=O)[C@H](C(C)CC)N2C(=O)C3CC3(C[C@@H]2O)NC(=O)[C@H](CC(C)C)NC(=O)[C@@H](NC(=O)C(CCC(N)=O)NC(=O)C(C)C)[C@@H](C)OC1=O. The first-order valence-electron chi connectivity index (χ1n) is 23.4. The van der Waals surface area contributed by atoms with Gasteiger partial charge in [-0.2, -0.15) is 0 Å². The lowest BCUT2D eigenvalue weighted by molar-refractivity contribution is -0.168. The molecule has 8 amide bonds. The van der Waals surface area contributed by atoms with E-state index in [9.17, 15) is 53.4 Å². The van der Waals surface area contributed by atoms with Gasteiger partial charge in [0.1, 0.15) is 54.3 Å². The van der Waals surface area contributed by atoms with Crippen molar-refractivity contribution >= 4 is 53.2 Å². The zero-order valence-electron chi connectivity index (χ0n) is 40.4. The van der Waals surface area contributed by atoms with Gasteiger partial charge in [-0.1, -0.05) is 80.4 Å². The van der Waals surface area contributed by atoms with Crippen LogP contribution >= 0.6 is 0 Å². The molecule has 5 unspecified atom stereocenters. The molecule has 5 rings (SSSR count). The molecular formula is C47H72N8O12. The molecule has 12 atom stereocenters. The number of primary amides is 1. The highest BCUT2D eigenvalue weighted by molar-refractivity contribution is 5.98. The first-order valence-corrected chi connectivity index (χ1v) is 23.4. The highest BCUT2D eigenvalue weighted by atomic mass is 16.5. The Bertz CT molecular complexity index is 2010. The Hall–Kier alpha value is -5.79. The summed E-state index contributed by atoms with van der Waals surface area (Å²) in [6.07, 6.45) is -2.89. The van der Waals surface area contributed by atoms with Gasteiger partial charge in [-0.05, 0) is 61.6 Å². The fourth-order valence-electron chi connectivity index (χ4n) is 8.68. The molecule has 2 bridgehead atoms. The van der Waals surface area contributed by atoms with E-state index in [1.165, 1.54) is 31.0 Å².